The average molecular weight is 220 g/mol. The number of fused-ring (bicyclic) bond motifs is 2. The monoisotopic (exact) mass is 220 g/mol. The predicted octanol–water partition coefficient (Wildman–Crippen LogP) is 5.05. The molecule has 2 bridgehead atoms. The van der Waals surface area contributed by atoms with Gasteiger partial charge < -0.3 is 0 Å². The van der Waals surface area contributed by atoms with Gasteiger partial charge in [-0.1, -0.05) is 52.7 Å². The molecule has 0 saturated heterocycles. The van der Waals surface area contributed by atoms with Crippen molar-refractivity contribution < 1.29 is 0 Å². The fourth-order valence-corrected chi connectivity index (χ4v) is 4.67. The van der Waals surface area contributed by atoms with Crippen molar-refractivity contribution in [2.45, 2.75) is 61.8 Å². The van der Waals surface area contributed by atoms with Crippen LogP contribution < -0.4 is 0 Å². The van der Waals surface area contributed by atoms with Gasteiger partial charge in [0.15, 0.2) is 0 Å². The minimum Gasteiger partial charge on any atom is -0.0702 e. The van der Waals surface area contributed by atoms with E-state index in [2.05, 4.69) is 55.4 Å². The Morgan fingerprint density at radius 2 is 1.38 bits per heavy atom. The lowest BCUT2D eigenvalue weighted by Gasteiger charge is -2.45. The van der Waals surface area contributed by atoms with Crippen molar-refractivity contribution in [3.05, 3.63) is 11.1 Å². The van der Waals surface area contributed by atoms with E-state index in [4.69, 9.17) is 0 Å². The third kappa shape index (κ3) is 1.11. The molecular weight excluding hydrogens is 192 g/mol. The van der Waals surface area contributed by atoms with Crippen molar-refractivity contribution in [2.75, 3.05) is 0 Å². The molecule has 0 amide bonds. The Morgan fingerprint density at radius 3 is 1.88 bits per heavy atom. The fourth-order valence-electron chi connectivity index (χ4n) is 4.67. The molecule has 2 rings (SSSR count). The Hall–Kier alpha value is -0.260. The summed E-state index contributed by atoms with van der Waals surface area (Å²) in [5, 5.41) is 0. The van der Waals surface area contributed by atoms with E-state index in [0.717, 1.165) is 11.8 Å². The van der Waals surface area contributed by atoms with E-state index in [-0.39, 0.29) is 0 Å². The van der Waals surface area contributed by atoms with Crippen LogP contribution in [0.1, 0.15) is 61.8 Å². The Labute approximate surface area is 102 Å². The standard InChI is InChI=1S/C16H28/c1-10-11(2)14(3,4)13-9-12(10)15(5,6)16(13,7)8/h12-13H,9H2,1-8H3. The van der Waals surface area contributed by atoms with Crippen LogP contribution in [0.3, 0.4) is 0 Å². The Kier molecular flexibility index (Phi) is 2.25. The number of hydrogen-bond acceptors (Lipinski definition) is 0. The molecular formula is C16H28. The zero-order valence-corrected chi connectivity index (χ0v) is 12.4. The van der Waals surface area contributed by atoms with Crippen molar-refractivity contribution in [3.8, 4) is 0 Å². The molecule has 0 aromatic heterocycles. The molecule has 0 N–H and O–H groups in total. The minimum atomic E-state index is 0.387. The molecule has 0 aliphatic heterocycles. The van der Waals surface area contributed by atoms with Gasteiger partial charge in [0.1, 0.15) is 0 Å². The first kappa shape index (κ1) is 12.2. The fraction of sp³-hybridized carbons (Fsp3) is 0.875. The summed E-state index contributed by atoms with van der Waals surface area (Å²) in [4.78, 5) is 0. The van der Waals surface area contributed by atoms with Crippen LogP contribution in [0.4, 0.5) is 0 Å². The van der Waals surface area contributed by atoms with E-state index in [1.165, 1.54) is 6.42 Å². The van der Waals surface area contributed by atoms with Crippen LogP contribution in [-0.2, 0) is 0 Å². The second kappa shape index (κ2) is 2.94. The number of allylic oxidation sites excluding steroid dienone is 2. The summed E-state index contributed by atoms with van der Waals surface area (Å²) in [7, 11) is 0. The van der Waals surface area contributed by atoms with E-state index in [1.54, 1.807) is 11.1 Å². The predicted molar refractivity (Wildman–Crippen MR) is 71.3 cm³/mol. The van der Waals surface area contributed by atoms with Crippen LogP contribution in [0.15, 0.2) is 11.1 Å². The maximum Gasteiger partial charge on any atom is -0.0111 e. The van der Waals surface area contributed by atoms with Crippen molar-refractivity contribution in [2.24, 2.45) is 28.1 Å². The van der Waals surface area contributed by atoms with E-state index in [0.29, 0.717) is 16.2 Å². The van der Waals surface area contributed by atoms with Gasteiger partial charge >= 0.3 is 0 Å². The third-order valence-electron chi connectivity index (χ3n) is 6.83. The normalized spacial score (nSPS) is 39.0. The SMILES string of the molecule is CC1=C(C)C(C)(C)C2CC1C(C)(C)C2(C)C. The molecule has 0 radical (unpaired) electrons. The molecule has 2 unspecified atom stereocenters. The van der Waals surface area contributed by atoms with Gasteiger partial charge in [0.2, 0.25) is 0 Å². The van der Waals surface area contributed by atoms with E-state index in [9.17, 15) is 0 Å². The lowest BCUT2D eigenvalue weighted by molar-refractivity contribution is 0.0512. The van der Waals surface area contributed by atoms with Crippen molar-refractivity contribution in [1.82, 2.24) is 0 Å². The third-order valence-corrected chi connectivity index (χ3v) is 6.83. The quantitative estimate of drug-likeness (QED) is 0.501. The Morgan fingerprint density at radius 1 is 0.875 bits per heavy atom. The molecule has 2 aliphatic carbocycles. The average Bonchev–Trinajstić information content (AvgIpc) is 2.30. The maximum atomic E-state index is 2.49. The highest BCUT2D eigenvalue weighted by molar-refractivity contribution is 5.32. The molecule has 2 atom stereocenters. The van der Waals surface area contributed by atoms with Gasteiger partial charge in [0.05, 0.1) is 0 Å². The highest BCUT2D eigenvalue weighted by Gasteiger charge is 2.61. The van der Waals surface area contributed by atoms with Crippen molar-refractivity contribution >= 4 is 0 Å². The summed E-state index contributed by atoms with van der Waals surface area (Å²) >= 11 is 0. The van der Waals surface area contributed by atoms with Crippen LogP contribution in [0.25, 0.3) is 0 Å². The molecule has 0 nitrogen and oxygen atoms in total. The summed E-state index contributed by atoms with van der Waals surface area (Å²) in [6, 6.07) is 0. The van der Waals surface area contributed by atoms with Gasteiger partial charge in [-0.3, -0.25) is 0 Å². The van der Waals surface area contributed by atoms with Crippen LogP contribution in [-0.4, -0.2) is 0 Å². The highest BCUT2D eigenvalue weighted by atomic mass is 14.7. The largest absolute Gasteiger partial charge is 0.0702 e. The molecule has 0 heterocycles. The second-order valence-electron chi connectivity index (χ2n) is 7.81. The molecule has 0 aromatic carbocycles. The lowest BCUT2D eigenvalue weighted by Crippen LogP contribution is -2.38. The molecule has 1 saturated carbocycles. The first-order chi connectivity index (χ1) is 7.04. The Bertz CT molecular complexity index is 352. The molecule has 1 fully saturated rings. The lowest BCUT2D eigenvalue weighted by atomic mass is 9.59. The van der Waals surface area contributed by atoms with Gasteiger partial charge in [-0.2, -0.15) is 0 Å². The minimum absolute atomic E-state index is 0.387. The molecule has 92 valence electrons. The second-order valence-corrected chi connectivity index (χ2v) is 7.81. The van der Waals surface area contributed by atoms with E-state index in [1.807, 2.05) is 0 Å². The first-order valence-corrected chi connectivity index (χ1v) is 6.72. The topological polar surface area (TPSA) is 0 Å². The number of rotatable bonds is 0. The highest BCUT2D eigenvalue weighted by Crippen LogP contribution is 2.69. The van der Waals surface area contributed by atoms with Crippen LogP contribution in [0, 0.1) is 28.1 Å². The smallest absolute Gasteiger partial charge is 0.0111 e. The summed E-state index contributed by atoms with van der Waals surface area (Å²) in [6.45, 7) is 19.6. The maximum absolute atomic E-state index is 2.49. The van der Waals surface area contributed by atoms with Crippen LogP contribution in [0.5, 0.6) is 0 Å². The summed E-state index contributed by atoms with van der Waals surface area (Å²) < 4.78 is 0. The molecule has 2 aliphatic rings. The Balaban J connectivity index is 2.64. The summed E-state index contributed by atoms with van der Waals surface area (Å²) in [5.41, 5.74) is 4.61. The van der Waals surface area contributed by atoms with E-state index >= 15 is 0 Å². The van der Waals surface area contributed by atoms with Gasteiger partial charge in [-0.15, -0.1) is 0 Å². The molecule has 0 spiro atoms. The van der Waals surface area contributed by atoms with Crippen LogP contribution >= 0.6 is 0 Å². The van der Waals surface area contributed by atoms with Gasteiger partial charge in [0.25, 0.3) is 0 Å². The zero-order valence-electron chi connectivity index (χ0n) is 12.4. The van der Waals surface area contributed by atoms with Crippen molar-refractivity contribution in [3.63, 3.8) is 0 Å². The van der Waals surface area contributed by atoms with Gasteiger partial charge in [-0.25, -0.2) is 0 Å². The molecule has 0 heteroatoms. The van der Waals surface area contributed by atoms with Gasteiger partial charge in [-0.05, 0) is 48.3 Å². The number of hydrogen-bond donors (Lipinski definition) is 0. The van der Waals surface area contributed by atoms with Crippen LogP contribution in [0.2, 0.25) is 0 Å². The van der Waals surface area contributed by atoms with Crippen molar-refractivity contribution in [1.29, 1.82) is 0 Å². The first-order valence-electron chi connectivity index (χ1n) is 6.72. The zero-order chi connectivity index (χ0) is 12.5. The summed E-state index contributed by atoms with van der Waals surface area (Å²) in [6.07, 6.45) is 1.40. The molecule has 16 heavy (non-hydrogen) atoms. The summed E-state index contributed by atoms with van der Waals surface area (Å²) in [5.74, 6) is 1.64. The van der Waals surface area contributed by atoms with E-state index < -0.39 is 0 Å². The molecule has 0 aromatic rings. The van der Waals surface area contributed by atoms with Gasteiger partial charge in [0, 0.05) is 0 Å².